The lowest BCUT2D eigenvalue weighted by atomic mass is 9.96. The van der Waals surface area contributed by atoms with Crippen molar-refractivity contribution < 1.29 is 14.7 Å². The van der Waals surface area contributed by atoms with Gasteiger partial charge < -0.3 is 10.4 Å². The molecular weight excluding hydrogens is 258 g/mol. The number of hydrogen-bond donors (Lipinski definition) is 2. The van der Waals surface area contributed by atoms with Gasteiger partial charge in [0.05, 0.1) is 0 Å². The molecule has 1 aromatic rings. The first-order valence-corrected chi connectivity index (χ1v) is 7.01. The van der Waals surface area contributed by atoms with Crippen molar-refractivity contribution in [3.63, 3.8) is 0 Å². The maximum Gasteiger partial charge on any atom is 0.358 e. The van der Waals surface area contributed by atoms with Crippen LogP contribution in [-0.4, -0.2) is 27.0 Å². The van der Waals surface area contributed by atoms with Crippen LogP contribution in [0.5, 0.6) is 0 Å². The van der Waals surface area contributed by atoms with Gasteiger partial charge in [0.1, 0.15) is 0 Å². The van der Waals surface area contributed by atoms with Gasteiger partial charge in [-0.15, -0.1) is 0 Å². The highest BCUT2D eigenvalue weighted by Crippen LogP contribution is 2.25. The van der Waals surface area contributed by atoms with Gasteiger partial charge in [-0.25, -0.2) is 14.8 Å². The van der Waals surface area contributed by atoms with Gasteiger partial charge in [-0.05, 0) is 18.8 Å². The Kier molecular flexibility index (Phi) is 5.03. The van der Waals surface area contributed by atoms with E-state index in [-0.39, 0.29) is 17.4 Å². The Morgan fingerprint density at radius 3 is 2.45 bits per heavy atom. The standard InChI is InChI=1S/C14H19N3O3/c18-11(9-10-5-3-1-2-4-6-10)17-13-12(14(19)20)15-7-8-16-13/h7-8,10H,1-6,9H2,(H,19,20)(H,16,17,18). The van der Waals surface area contributed by atoms with Crippen LogP contribution in [0.4, 0.5) is 5.82 Å². The second-order valence-corrected chi connectivity index (χ2v) is 5.17. The summed E-state index contributed by atoms with van der Waals surface area (Å²) in [5.41, 5.74) is -0.221. The zero-order valence-electron chi connectivity index (χ0n) is 11.3. The minimum absolute atomic E-state index is 0.0265. The molecule has 0 bridgehead atoms. The molecule has 0 aromatic carbocycles. The molecule has 6 heteroatoms. The number of hydrogen-bond acceptors (Lipinski definition) is 4. The van der Waals surface area contributed by atoms with Crippen molar-refractivity contribution in [1.29, 1.82) is 0 Å². The molecule has 1 aliphatic carbocycles. The SMILES string of the molecule is O=C(CC1CCCCCC1)Nc1nccnc1C(=O)O. The molecule has 0 saturated heterocycles. The third kappa shape index (κ3) is 4.01. The largest absolute Gasteiger partial charge is 0.476 e. The summed E-state index contributed by atoms with van der Waals surface area (Å²) in [7, 11) is 0. The number of carboxylic acid groups (broad SMARTS) is 1. The summed E-state index contributed by atoms with van der Waals surface area (Å²) in [6.45, 7) is 0. The van der Waals surface area contributed by atoms with Crippen LogP contribution in [0.15, 0.2) is 12.4 Å². The number of carboxylic acids is 1. The summed E-state index contributed by atoms with van der Waals surface area (Å²) in [6.07, 6.45) is 10.1. The van der Waals surface area contributed by atoms with E-state index in [1.54, 1.807) is 0 Å². The molecule has 0 aliphatic heterocycles. The lowest BCUT2D eigenvalue weighted by Gasteiger charge is -2.13. The van der Waals surface area contributed by atoms with Crippen molar-refractivity contribution in [2.45, 2.75) is 44.9 Å². The minimum Gasteiger partial charge on any atom is -0.476 e. The third-order valence-corrected chi connectivity index (χ3v) is 3.61. The van der Waals surface area contributed by atoms with Crippen LogP contribution in [-0.2, 0) is 4.79 Å². The average molecular weight is 277 g/mol. The van der Waals surface area contributed by atoms with Gasteiger partial charge in [0.15, 0.2) is 11.5 Å². The molecule has 0 radical (unpaired) electrons. The summed E-state index contributed by atoms with van der Waals surface area (Å²) in [6, 6.07) is 0. The summed E-state index contributed by atoms with van der Waals surface area (Å²) >= 11 is 0. The quantitative estimate of drug-likeness (QED) is 0.825. The molecule has 1 fully saturated rings. The van der Waals surface area contributed by atoms with Crippen molar-refractivity contribution in [2.75, 3.05) is 5.32 Å². The van der Waals surface area contributed by atoms with E-state index in [4.69, 9.17) is 5.11 Å². The van der Waals surface area contributed by atoms with Crippen LogP contribution in [0.3, 0.4) is 0 Å². The molecular formula is C14H19N3O3. The first-order chi connectivity index (χ1) is 9.66. The second-order valence-electron chi connectivity index (χ2n) is 5.17. The van der Waals surface area contributed by atoms with Crippen molar-refractivity contribution in [1.82, 2.24) is 9.97 Å². The minimum atomic E-state index is -1.19. The number of anilines is 1. The predicted octanol–water partition coefficient (Wildman–Crippen LogP) is 2.47. The van der Waals surface area contributed by atoms with Crippen LogP contribution >= 0.6 is 0 Å². The fourth-order valence-electron chi connectivity index (χ4n) is 2.60. The zero-order valence-corrected chi connectivity index (χ0v) is 11.3. The highest BCUT2D eigenvalue weighted by Gasteiger charge is 2.19. The molecule has 1 heterocycles. The van der Waals surface area contributed by atoms with E-state index in [1.807, 2.05) is 0 Å². The average Bonchev–Trinajstić information content (AvgIpc) is 2.67. The molecule has 2 rings (SSSR count). The van der Waals surface area contributed by atoms with Crippen LogP contribution in [0.25, 0.3) is 0 Å². The Labute approximate surface area is 117 Å². The number of carbonyl (C=O) groups is 2. The Bertz CT molecular complexity index is 482. The third-order valence-electron chi connectivity index (χ3n) is 3.61. The highest BCUT2D eigenvalue weighted by molar-refractivity contribution is 5.97. The van der Waals surface area contributed by atoms with Crippen molar-refractivity contribution >= 4 is 17.7 Å². The summed E-state index contributed by atoms with van der Waals surface area (Å²) in [5.74, 6) is -0.955. The fourth-order valence-corrected chi connectivity index (χ4v) is 2.60. The lowest BCUT2D eigenvalue weighted by molar-refractivity contribution is -0.117. The number of carbonyl (C=O) groups excluding carboxylic acids is 1. The Morgan fingerprint density at radius 2 is 1.80 bits per heavy atom. The molecule has 108 valence electrons. The Morgan fingerprint density at radius 1 is 1.15 bits per heavy atom. The van der Waals surface area contributed by atoms with E-state index in [0.717, 1.165) is 12.8 Å². The van der Waals surface area contributed by atoms with Crippen LogP contribution in [0.2, 0.25) is 0 Å². The molecule has 0 atom stereocenters. The van der Waals surface area contributed by atoms with Crippen LogP contribution in [0, 0.1) is 5.92 Å². The summed E-state index contributed by atoms with van der Waals surface area (Å²) in [5, 5.41) is 11.5. The number of nitrogens with zero attached hydrogens (tertiary/aromatic N) is 2. The number of amides is 1. The first kappa shape index (κ1) is 14.4. The van der Waals surface area contributed by atoms with Gasteiger partial charge in [-0.1, -0.05) is 25.7 Å². The van der Waals surface area contributed by atoms with E-state index in [0.29, 0.717) is 12.3 Å². The highest BCUT2D eigenvalue weighted by atomic mass is 16.4. The van der Waals surface area contributed by atoms with Gasteiger partial charge in [-0.2, -0.15) is 0 Å². The number of aromatic carboxylic acids is 1. The van der Waals surface area contributed by atoms with E-state index >= 15 is 0 Å². The molecule has 20 heavy (non-hydrogen) atoms. The van der Waals surface area contributed by atoms with Crippen molar-refractivity contribution in [3.05, 3.63) is 18.1 Å². The van der Waals surface area contributed by atoms with Gasteiger partial charge >= 0.3 is 5.97 Å². The van der Waals surface area contributed by atoms with Crippen LogP contribution < -0.4 is 5.32 Å². The van der Waals surface area contributed by atoms with E-state index in [9.17, 15) is 9.59 Å². The molecule has 1 aromatic heterocycles. The fraction of sp³-hybridized carbons (Fsp3) is 0.571. The van der Waals surface area contributed by atoms with Gasteiger partial charge in [-0.3, -0.25) is 4.79 Å². The van der Waals surface area contributed by atoms with Gasteiger partial charge in [0.25, 0.3) is 0 Å². The predicted molar refractivity (Wildman–Crippen MR) is 73.4 cm³/mol. The summed E-state index contributed by atoms with van der Waals surface area (Å²) < 4.78 is 0. The normalized spacial score (nSPS) is 16.4. The van der Waals surface area contributed by atoms with Crippen molar-refractivity contribution in [3.8, 4) is 0 Å². The second kappa shape index (κ2) is 6.98. The Hall–Kier alpha value is -1.98. The van der Waals surface area contributed by atoms with E-state index in [1.165, 1.54) is 38.1 Å². The lowest BCUT2D eigenvalue weighted by Crippen LogP contribution is -2.19. The molecule has 1 amide bonds. The smallest absolute Gasteiger partial charge is 0.358 e. The molecule has 2 N–H and O–H groups in total. The number of rotatable bonds is 4. The van der Waals surface area contributed by atoms with Crippen LogP contribution in [0.1, 0.15) is 55.4 Å². The van der Waals surface area contributed by atoms with Gasteiger partial charge in [0.2, 0.25) is 5.91 Å². The van der Waals surface area contributed by atoms with E-state index < -0.39 is 5.97 Å². The first-order valence-electron chi connectivity index (χ1n) is 7.01. The number of nitrogens with one attached hydrogen (secondary N) is 1. The molecule has 0 spiro atoms. The molecule has 0 unspecified atom stereocenters. The van der Waals surface area contributed by atoms with Gasteiger partial charge in [0, 0.05) is 18.8 Å². The van der Waals surface area contributed by atoms with Crippen molar-refractivity contribution in [2.24, 2.45) is 5.92 Å². The Balaban J connectivity index is 1.95. The van der Waals surface area contributed by atoms with E-state index in [2.05, 4.69) is 15.3 Å². The molecule has 6 nitrogen and oxygen atoms in total. The molecule has 1 saturated carbocycles. The summed E-state index contributed by atoms with van der Waals surface area (Å²) in [4.78, 5) is 30.6. The maximum atomic E-state index is 12.0. The topological polar surface area (TPSA) is 92.2 Å². The zero-order chi connectivity index (χ0) is 14.4. The monoisotopic (exact) mass is 277 g/mol. The maximum absolute atomic E-state index is 12.0. The number of aromatic nitrogens is 2. The molecule has 1 aliphatic rings.